The van der Waals surface area contributed by atoms with Crippen molar-refractivity contribution in [1.82, 2.24) is 4.90 Å². The molecule has 162 valence electrons. The van der Waals surface area contributed by atoms with E-state index in [0.717, 1.165) is 23.5 Å². The van der Waals surface area contributed by atoms with Crippen molar-refractivity contribution >= 4 is 29.3 Å². The van der Waals surface area contributed by atoms with Crippen LogP contribution in [0.4, 0.5) is 5.69 Å². The fourth-order valence-corrected chi connectivity index (χ4v) is 3.68. The number of ether oxygens (including phenoxy) is 1. The first-order valence-corrected chi connectivity index (χ1v) is 11.6. The minimum Gasteiger partial charge on any atom is -0.493 e. The van der Waals surface area contributed by atoms with Gasteiger partial charge >= 0.3 is 0 Å². The Morgan fingerprint density at radius 1 is 1.03 bits per heavy atom. The average Bonchev–Trinajstić information content (AvgIpc) is 2.74. The molecule has 0 heterocycles. The summed E-state index contributed by atoms with van der Waals surface area (Å²) in [6.07, 6.45) is 0.882. The summed E-state index contributed by atoms with van der Waals surface area (Å²) in [5.74, 6) is 2.15. The molecule has 0 saturated carbocycles. The SMILES string of the molecule is CCN(CC)C(=O)c1ccc(NC(=O)CSCCCOc2cc(C)ccc2C)cc1. The maximum Gasteiger partial charge on any atom is 0.253 e. The molecule has 0 fully saturated rings. The first-order chi connectivity index (χ1) is 14.4. The van der Waals surface area contributed by atoms with E-state index >= 15 is 0 Å². The molecular formula is C24H32N2O3S. The first kappa shape index (κ1) is 23.8. The molecule has 0 aliphatic heterocycles. The lowest BCUT2D eigenvalue weighted by Crippen LogP contribution is -2.30. The number of aryl methyl sites for hydroxylation is 2. The van der Waals surface area contributed by atoms with Crippen molar-refractivity contribution in [1.29, 1.82) is 0 Å². The Hall–Kier alpha value is -2.47. The molecule has 2 aromatic rings. The predicted molar refractivity (Wildman–Crippen MR) is 126 cm³/mol. The van der Waals surface area contributed by atoms with E-state index in [2.05, 4.69) is 30.4 Å². The molecule has 0 bridgehead atoms. The fraction of sp³-hybridized carbons (Fsp3) is 0.417. The van der Waals surface area contributed by atoms with Crippen molar-refractivity contribution in [2.45, 2.75) is 34.1 Å². The third-order valence-electron chi connectivity index (χ3n) is 4.73. The van der Waals surface area contributed by atoms with Crippen molar-refractivity contribution < 1.29 is 14.3 Å². The van der Waals surface area contributed by atoms with Gasteiger partial charge in [0.25, 0.3) is 5.91 Å². The highest BCUT2D eigenvalue weighted by Gasteiger charge is 2.12. The number of rotatable bonds is 11. The van der Waals surface area contributed by atoms with E-state index in [9.17, 15) is 9.59 Å². The van der Waals surface area contributed by atoms with Crippen LogP contribution in [0.1, 0.15) is 41.8 Å². The van der Waals surface area contributed by atoms with Gasteiger partial charge in [-0.25, -0.2) is 0 Å². The van der Waals surface area contributed by atoms with E-state index in [-0.39, 0.29) is 11.8 Å². The summed E-state index contributed by atoms with van der Waals surface area (Å²) in [6.45, 7) is 10.0. The molecule has 2 aromatic carbocycles. The first-order valence-electron chi connectivity index (χ1n) is 10.4. The number of anilines is 1. The zero-order valence-corrected chi connectivity index (χ0v) is 19.2. The van der Waals surface area contributed by atoms with Gasteiger partial charge in [0.15, 0.2) is 0 Å². The van der Waals surface area contributed by atoms with Crippen LogP contribution in [0.5, 0.6) is 5.75 Å². The van der Waals surface area contributed by atoms with E-state index < -0.39 is 0 Å². The van der Waals surface area contributed by atoms with Crippen LogP contribution in [0.3, 0.4) is 0 Å². The van der Waals surface area contributed by atoms with Crippen molar-refractivity contribution in [2.75, 3.05) is 36.5 Å². The van der Waals surface area contributed by atoms with Crippen LogP contribution in [0.25, 0.3) is 0 Å². The Kier molecular flexibility index (Phi) is 9.74. The molecule has 0 saturated heterocycles. The molecule has 2 rings (SSSR count). The van der Waals surface area contributed by atoms with Gasteiger partial charge < -0.3 is 15.0 Å². The summed E-state index contributed by atoms with van der Waals surface area (Å²) >= 11 is 1.59. The zero-order valence-electron chi connectivity index (χ0n) is 18.4. The number of amides is 2. The highest BCUT2D eigenvalue weighted by Crippen LogP contribution is 2.19. The lowest BCUT2D eigenvalue weighted by Gasteiger charge is -2.18. The number of hydrogen-bond donors (Lipinski definition) is 1. The summed E-state index contributed by atoms with van der Waals surface area (Å²) in [4.78, 5) is 26.2. The molecule has 0 aliphatic rings. The van der Waals surface area contributed by atoms with Crippen LogP contribution < -0.4 is 10.1 Å². The van der Waals surface area contributed by atoms with E-state index in [1.54, 1.807) is 40.9 Å². The molecular weight excluding hydrogens is 396 g/mol. The minimum atomic E-state index is -0.0433. The monoisotopic (exact) mass is 428 g/mol. The van der Waals surface area contributed by atoms with Gasteiger partial charge in [-0.1, -0.05) is 12.1 Å². The molecule has 30 heavy (non-hydrogen) atoms. The molecule has 0 unspecified atom stereocenters. The Balaban J connectivity index is 1.67. The normalized spacial score (nSPS) is 10.5. The summed E-state index contributed by atoms with van der Waals surface area (Å²) in [7, 11) is 0. The highest BCUT2D eigenvalue weighted by atomic mass is 32.2. The van der Waals surface area contributed by atoms with E-state index in [4.69, 9.17) is 4.74 Å². The van der Waals surface area contributed by atoms with Gasteiger partial charge in [0, 0.05) is 24.3 Å². The molecule has 1 N–H and O–H groups in total. The van der Waals surface area contributed by atoms with Crippen molar-refractivity contribution in [3.05, 3.63) is 59.2 Å². The fourth-order valence-electron chi connectivity index (χ4n) is 2.96. The molecule has 2 amide bonds. The summed E-state index contributed by atoms with van der Waals surface area (Å²) < 4.78 is 5.84. The third kappa shape index (κ3) is 7.41. The number of nitrogens with one attached hydrogen (secondary N) is 1. The quantitative estimate of drug-likeness (QED) is 0.516. The van der Waals surface area contributed by atoms with Crippen LogP contribution in [-0.2, 0) is 4.79 Å². The Labute approximate surface area is 184 Å². The topological polar surface area (TPSA) is 58.6 Å². The van der Waals surface area contributed by atoms with Crippen LogP contribution >= 0.6 is 11.8 Å². The van der Waals surface area contributed by atoms with E-state index in [1.807, 2.05) is 20.8 Å². The van der Waals surface area contributed by atoms with Crippen LogP contribution in [0.15, 0.2) is 42.5 Å². The zero-order chi connectivity index (χ0) is 21.9. The van der Waals surface area contributed by atoms with Crippen molar-refractivity contribution in [3.63, 3.8) is 0 Å². The number of benzene rings is 2. The van der Waals surface area contributed by atoms with E-state index in [0.29, 0.717) is 36.7 Å². The van der Waals surface area contributed by atoms with Crippen LogP contribution in [0, 0.1) is 13.8 Å². The lowest BCUT2D eigenvalue weighted by atomic mass is 10.1. The van der Waals surface area contributed by atoms with Gasteiger partial charge in [0.05, 0.1) is 12.4 Å². The van der Waals surface area contributed by atoms with Gasteiger partial charge in [-0.05, 0) is 81.3 Å². The molecule has 0 spiro atoms. The lowest BCUT2D eigenvalue weighted by molar-refractivity contribution is -0.113. The maximum atomic E-state index is 12.3. The second-order valence-electron chi connectivity index (χ2n) is 7.13. The number of carbonyl (C=O) groups is 2. The number of carbonyl (C=O) groups excluding carboxylic acids is 2. The second-order valence-corrected chi connectivity index (χ2v) is 8.23. The van der Waals surface area contributed by atoms with Crippen LogP contribution in [0.2, 0.25) is 0 Å². The molecule has 0 aromatic heterocycles. The number of thioether (sulfide) groups is 1. The third-order valence-corrected chi connectivity index (χ3v) is 5.78. The average molecular weight is 429 g/mol. The van der Waals surface area contributed by atoms with Gasteiger partial charge in [0.2, 0.25) is 5.91 Å². The summed E-state index contributed by atoms with van der Waals surface area (Å²) in [5.41, 5.74) is 3.66. The van der Waals surface area contributed by atoms with Crippen molar-refractivity contribution in [2.24, 2.45) is 0 Å². The number of hydrogen-bond acceptors (Lipinski definition) is 4. The van der Waals surface area contributed by atoms with Gasteiger partial charge in [0.1, 0.15) is 5.75 Å². The number of nitrogens with zero attached hydrogens (tertiary/aromatic N) is 1. The van der Waals surface area contributed by atoms with Gasteiger partial charge in [-0.2, -0.15) is 11.8 Å². The predicted octanol–water partition coefficient (Wildman–Crippen LogP) is 4.93. The molecule has 0 atom stereocenters. The summed E-state index contributed by atoms with van der Waals surface area (Å²) in [6, 6.07) is 13.3. The molecule has 6 heteroatoms. The Morgan fingerprint density at radius 3 is 2.40 bits per heavy atom. The van der Waals surface area contributed by atoms with Gasteiger partial charge in [-0.15, -0.1) is 0 Å². The second kappa shape index (κ2) is 12.3. The van der Waals surface area contributed by atoms with Crippen LogP contribution in [-0.4, -0.2) is 47.9 Å². The molecule has 5 nitrogen and oxygen atoms in total. The minimum absolute atomic E-state index is 0.0107. The maximum absolute atomic E-state index is 12.3. The largest absolute Gasteiger partial charge is 0.493 e. The Bertz CT molecular complexity index is 833. The molecule has 0 aliphatic carbocycles. The Morgan fingerprint density at radius 2 is 1.73 bits per heavy atom. The van der Waals surface area contributed by atoms with Crippen molar-refractivity contribution in [3.8, 4) is 5.75 Å². The smallest absolute Gasteiger partial charge is 0.253 e. The van der Waals surface area contributed by atoms with E-state index in [1.165, 1.54) is 5.56 Å². The standard InChI is InChI=1S/C24H32N2O3S/c1-5-26(6-2)24(28)20-10-12-21(13-11-20)25-23(27)17-30-15-7-14-29-22-16-18(3)8-9-19(22)4/h8-13,16H,5-7,14-15,17H2,1-4H3,(H,25,27). The molecule has 0 radical (unpaired) electrons. The highest BCUT2D eigenvalue weighted by molar-refractivity contribution is 7.99. The van der Waals surface area contributed by atoms with Gasteiger partial charge in [-0.3, -0.25) is 9.59 Å². The summed E-state index contributed by atoms with van der Waals surface area (Å²) in [5, 5.41) is 2.88.